The molecular weight excluding hydrogens is 208 g/mol. The second kappa shape index (κ2) is 4.72. The molecule has 1 rings (SSSR count). The number of carboxylic acid groups (broad SMARTS) is 1. The molecular formula is C9H9ClO4. The van der Waals surface area contributed by atoms with E-state index < -0.39 is 5.97 Å². The number of benzene rings is 1. The molecule has 0 bridgehead atoms. The second-order valence-electron chi connectivity index (χ2n) is 2.69. The van der Waals surface area contributed by atoms with Gasteiger partial charge >= 0.3 is 5.97 Å². The van der Waals surface area contributed by atoms with Crippen LogP contribution in [0.5, 0.6) is 11.5 Å². The van der Waals surface area contributed by atoms with Crippen LogP contribution in [0.1, 0.15) is 5.56 Å². The number of carboxylic acids is 1. The van der Waals surface area contributed by atoms with Crippen molar-refractivity contribution in [1.82, 2.24) is 0 Å². The molecule has 0 radical (unpaired) electrons. The van der Waals surface area contributed by atoms with Gasteiger partial charge in [0, 0.05) is 0 Å². The molecule has 14 heavy (non-hydrogen) atoms. The topological polar surface area (TPSA) is 55.8 Å². The summed E-state index contributed by atoms with van der Waals surface area (Å²) < 4.78 is 9.48. The molecule has 0 amide bonds. The maximum atomic E-state index is 10.2. The molecule has 0 saturated heterocycles. The lowest BCUT2D eigenvalue weighted by atomic mass is 10.2. The first-order chi connectivity index (χ1) is 6.63. The van der Waals surface area contributed by atoms with Gasteiger partial charge in [-0.25, -0.2) is 4.79 Å². The van der Waals surface area contributed by atoms with Crippen LogP contribution in [-0.2, 0) is 4.79 Å². The first kappa shape index (κ1) is 10.7. The number of carbonyl (C=O) groups is 1. The maximum Gasteiger partial charge on any atom is 0.341 e. The van der Waals surface area contributed by atoms with Gasteiger partial charge in [0.15, 0.2) is 6.61 Å². The van der Waals surface area contributed by atoms with Crippen molar-refractivity contribution in [2.24, 2.45) is 0 Å². The molecule has 1 N–H and O–H groups in total. The molecule has 0 heterocycles. The fourth-order valence-corrected chi connectivity index (χ4v) is 1.07. The highest BCUT2D eigenvalue weighted by Crippen LogP contribution is 2.23. The van der Waals surface area contributed by atoms with Crippen LogP contribution in [0, 0.1) is 6.92 Å². The minimum absolute atomic E-state index is 0.359. The Balaban J connectivity index is 2.73. The Kier molecular flexibility index (Phi) is 3.59. The zero-order valence-electron chi connectivity index (χ0n) is 7.49. The van der Waals surface area contributed by atoms with Gasteiger partial charge in [0.05, 0.1) is 0 Å². The minimum Gasteiger partial charge on any atom is -0.482 e. The molecule has 1 aromatic carbocycles. The third-order valence-electron chi connectivity index (χ3n) is 1.59. The van der Waals surface area contributed by atoms with Crippen LogP contribution in [0.4, 0.5) is 0 Å². The number of aryl methyl sites for hydroxylation is 1. The summed E-state index contributed by atoms with van der Waals surface area (Å²) in [6.45, 7) is 1.42. The lowest BCUT2D eigenvalue weighted by Crippen LogP contribution is -2.09. The van der Waals surface area contributed by atoms with Crippen molar-refractivity contribution in [2.45, 2.75) is 6.92 Å². The number of aliphatic carboxylic acids is 1. The quantitative estimate of drug-likeness (QED) is 0.836. The van der Waals surface area contributed by atoms with Gasteiger partial charge in [-0.05, 0) is 30.7 Å². The minimum atomic E-state index is -1.01. The van der Waals surface area contributed by atoms with Gasteiger partial charge in [0.2, 0.25) is 0 Å². The smallest absolute Gasteiger partial charge is 0.341 e. The summed E-state index contributed by atoms with van der Waals surface area (Å²) in [4.78, 5) is 10.2. The van der Waals surface area contributed by atoms with Gasteiger partial charge < -0.3 is 14.1 Å². The van der Waals surface area contributed by atoms with Crippen molar-refractivity contribution in [1.29, 1.82) is 0 Å². The molecule has 0 aliphatic carbocycles. The van der Waals surface area contributed by atoms with E-state index in [1.807, 2.05) is 0 Å². The van der Waals surface area contributed by atoms with E-state index >= 15 is 0 Å². The van der Waals surface area contributed by atoms with Gasteiger partial charge in [0.1, 0.15) is 23.4 Å². The molecule has 0 aliphatic heterocycles. The molecule has 0 aromatic heterocycles. The van der Waals surface area contributed by atoms with Crippen molar-refractivity contribution in [3.05, 3.63) is 23.8 Å². The highest BCUT2D eigenvalue weighted by Gasteiger charge is 2.04. The molecule has 0 spiro atoms. The molecule has 5 heteroatoms. The number of hydrogen-bond acceptors (Lipinski definition) is 3. The maximum absolute atomic E-state index is 10.2. The Hall–Kier alpha value is -1.42. The van der Waals surface area contributed by atoms with Crippen molar-refractivity contribution >= 4 is 17.8 Å². The van der Waals surface area contributed by atoms with E-state index in [4.69, 9.17) is 21.7 Å². The zero-order chi connectivity index (χ0) is 10.6. The van der Waals surface area contributed by atoms with E-state index in [0.29, 0.717) is 11.5 Å². The summed E-state index contributed by atoms with van der Waals surface area (Å²) in [5.41, 5.74) is 0.768. The molecule has 0 saturated carbocycles. The lowest BCUT2D eigenvalue weighted by Gasteiger charge is -2.07. The summed E-state index contributed by atoms with van der Waals surface area (Å²) in [5, 5.41) is 8.40. The number of ether oxygens (including phenoxy) is 1. The standard InChI is InChI=1S/C9H9ClO4/c1-6-4-7(14-10)2-3-8(6)13-5-9(11)12/h2-4H,5H2,1H3,(H,11,12). The van der Waals surface area contributed by atoms with Crippen molar-refractivity contribution in [2.75, 3.05) is 6.61 Å². The summed E-state index contributed by atoms with van der Waals surface area (Å²) in [6.07, 6.45) is 0. The van der Waals surface area contributed by atoms with Crippen LogP contribution >= 0.6 is 11.9 Å². The van der Waals surface area contributed by atoms with Crippen molar-refractivity contribution in [3.8, 4) is 11.5 Å². The molecule has 0 atom stereocenters. The number of halogens is 1. The first-order valence-corrected chi connectivity index (χ1v) is 4.18. The van der Waals surface area contributed by atoms with E-state index in [0.717, 1.165) is 5.56 Å². The second-order valence-corrected chi connectivity index (χ2v) is 2.84. The molecule has 4 nitrogen and oxygen atoms in total. The molecule has 0 fully saturated rings. The van der Waals surface area contributed by atoms with E-state index in [1.54, 1.807) is 25.1 Å². The SMILES string of the molecule is Cc1cc(OCl)ccc1OCC(=O)O. The fraction of sp³-hybridized carbons (Fsp3) is 0.222. The normalized spacial score (nSPS) is 9.57. The monoisotopic (exact) mass is 216 g/mol. The van der Waals surface area contributed by atoms with Crippen LogP contribution in [0.2, 0.25) is 0 Å². The molecule has 0 aliphatic rings. The molecule has 76 valence electrons. The average molecular weight is 217 g/mol. The van der Waals surface area contributed by atoms with E-state index in [9.17, 15) is 4.79 Å². The van der Waals surface area contributed by atoms with Gasteiger partial charge in [-0.1, -0.05) is 0 Å². The molecule has 0 unspecified atom stereocenters. The van der Waals surface area contributed by atoms with Gasteiger partial charge in [-0.2, -0.15) is 0 Å². The number of rotatable bonds is 4. The third-order valence-corrected chi connectivity index (χ3v) is 1.76. The van der Waals surface area contributed by atoms with E-state index in [2.05, 4.69) is 4.29 Å². The van der Waals surface area contributed by atoms with E-state index in [1.165, 1.54) is 0 Å². The predicted molar refractivity (Wildman–Crippen MR) is 50.8 cm³/mol. The zero-order valence-corrected chi connectivity index (χ0v) is 8.25. The van der Waals surface area contributed by atoms with Gasteiger partial charge in [-0.15, -0.1) is 0 Å². The van der Waals surface area contributed by atoms with Crippen LogP contribution in [-0.4, -0.2) is 17.7 Å². The summed E-state index contributed by atoms with van der Waals surface area (Å²) in [6, 6.07) is 4.86. The Bertz CT molecular complexity index is 338. The van der Waals surface area contributed by atoms with Crippen LogP contribution in [0.15, 0.2) is 18.2 Å². The highest BCUT2D eigenvalue weighted by molar-refractivity contribution is 6.09. The Morgan fingerprint density at radius 3 is 2.79 bits per heavy atom. The van der Waals surface area contributed by atoms with Crippen LogP contribution in [0.25, 0.3) is 0 Å². The third kappa shape index (κ3) is 2.81. The molecule has 1 aromatic rings. The van der Waals surface area contributed by atoms with Crippen LogP contribution < -0.4 is 9.03 Å². The van der Waals surface area contributed by atoms with Gasteiger partial charge in [0.25, 0.3) is 0 Å². The van der Waals surface area contributed by atoms with Crippen LogP contribution in [0.3, 0.4) is 0 Å². The number of hydrogen-bond donors (Lipinski definition) is 1. The largest absolute Gasteiger partial charge is 0.482 e. The lowest BCUT2D eigenvalue weighted by molar-refractivity contribution is -0.139. The van der Waals surface area contributed by atoms with E-state index in [-0.39, 0.29) is 6.61 Å². The van der Waals surface area contributed by atoms with Crippen molar-refractivity contribution in [3.63, 3.8) is 0 Å². The first-order valence-electron chi connectivity index (χ1n) is 3.87. The predicted octanol–water partition coefficient (Wildman–Crippen LogP) is 1.99. The summed E-state index contributed by atoms with van der Waals surface area (Å²) >= 11 is 5.14. The summed E-state index contributed by atoms with van der Waals surface area (Å²) in [5.74, 6) is -0.0150. The van der Waals surface area contributed by atoms with Gasteiger partial charge in [-0.3, -0.25) is 0 Å². The fourth-order valence-electron chi connectivity index (χ4n) is 0.971. The average Bonchev–Trinajstić information content (AvgIpc) is 2.15. The van der Waals surface area contributed by atoms with Crippen molar-refractivity contribution < 1.29 is 18.9 Å². The Morgan fingerprint density at radius 1 is 1.57 bits per heavy atom. The highest BCUT2D eigenvalue weighted by atomic mass is 35.5. The Labute approximate surface area is 86.2 Å². The summed E-state index contributed by atoms with van der Waals surface area (Å²) in [7, 11) is 0. The Morgan fingerprint density at radius 2 is 2.29 bits per heavy atom.